The number of carbonyl (C=O) groups excluding carboxylic acids is 1. The third kappa shape index (κ3) is 3.85. The Balaban J connectivity index is 1.98. The third-order valence-electron chi connectivity index (χ3n) is 3.84. The molecule has 0 bridgehead atoms. The molecule has 6 nitrogen and oxygen atoms in total. The highest BCUT2D eigenvalue weighted by atomic mass is 32.2. The van der Waals surface area contributed by atoms with E-state index in [2.05, 4.69) is 5.32 Å². The van der Waals surface area contributed by atoms with Crippen LogP contribution in [0.1, 0.15) is 12.0 Å². The zero-order valence-electron chi connectivity index (χ0n) is 13.1. The number of benzene rings is 1. The van der Waals surface area contributed by atoms with Gasteiger partial charge in [-0.3, -0.25) is 4.79 Å². The van der Waals surface area contributed by atoms with Crippen molar-refractivity contribution in [2.75, 3.05) is 39.8 Å². The number of hydrogen-bond acceptors (Lipinski definition) is 4. The SMILES string of the molecule is CNCCC(=O)N1CCN(S(=O)(=O)c2ccc(C)cc2)CC1. The van der Waals surface area contributed by atoms with Crippen molar-refractivity contribution < 1.29 is 13.2 Å². The van der Waals surface area contributed by atoms with Gasteiger partial charge in [0.25, 0.3) is 0 Å². The summed E-state index contributed by atoms with van der Waals surface area (Å²) in [5, 5.41) is 2.94. The van der Waals surface area contributed by atoms with Gasteiger partial charge >= 0.3 is 0 Å². The van der Waals surface area contributed by atoms with Gasteiger partial charge in [0, 0.05) is 39.1 Å². The molecule has 1 aliphatic rings. The fourth-order valence-corrected chi connectivity index (χ4v) is 3.85. The molecule has 1 heterocycles. The standard InChI is InChI=1S/C15H23N3O3S/c1-13-3-5-14(6-4-13)22(20,21)18-11-9-17(10-12-18)15(19)7-8-16-2/h3-6,16H,7-12H2,1-2H3. The number of nitrogens with zero attached hydrogens (tertiary/aromatic N) is 2. The first-order chi connectivity index (χ1) is 10.4. The summed E-state index contributed by atoms with van der Waals surface area (Å²) in [4.78, 5) is 14.0. The van der Waals surface area contributed by atoms with Crippen molar-refractivity contribution in [2.45, 2.75) is 18.2 Å². The predicted octanol–water partition coefficient (Wildman–Crippen LogP) is 0.437. The molecular weight excluding hydrogens is 302 g/mol. The van der Waals surface area contributed by atoms with E-state index in [0.717, 1.165) is 5.56 Å². The molecule has 1 saturated heterocycles. The van der Waals surface area contributed by atoms with Gasteiger partial charge in [-0.15, -0.1) is 0 Å². The van der Waals surface area contributed by atoms with E-state index in [1.807, 2.05) is 6.92 Å². The summed E-state index contributed by atoms with van der Waals surface area (Å²) in [6, 6.07) is 6.86. The average Bonchev–Trinajstić information content (AvgIpc) is 2.53. The van der Waals surface area contributed by atoms with Gasteiger partial charge in [0.05, 0.1) is 4.90 Å². The van der Waals surface area contributed by atoms with Crippen molar-refractivity contribution in [2.24, 2.45) is 0 Å². The molecule has 2 rings (SSSR count). The zero-order valence-corrected chi connectivity index (χ0v) is 13.9. The number of hydrogen-bond donors (Lipinski definition) is 1. The zero-order chi connectivity index (χ0) is 16.2. The van der Waals surface area contributed by atoms with Gasteiger partial charge in [-0.2, -0.15) is 4.31 Å². The van der Waals surface area contributed by atoms with E-state index in [9.17, 15) is 13.2 Å². The van der Waals surface area contributed by atoms with Gasteiger partial charge in [0.15, 0.2) is 0 Å². The van der Waals surface area contributed by atoms with Gasteiger partial charge in [-0.05, 0) is 26.1 Å². The molecule has 0 aliphatic carbocycles. The largest absolute Gasteiger partial charge is 0.340 e. The van der Waals surface area contributed by atoms with Gasteiger partial charge in [-0.1, -0.05) is 17.7 Å². The van der Waals surface area contributed by atoms with Crippen molar-refractivity contribution in [3.8, 4) is 0 Å². The number of aryl methyl sites for hydroxylation is 1. The Morgan fingerprint density at radius 2 is 1.73 bits per heavy atom. The summed E-state index contributed by atoms with van der Waals surface area (Å²) in [7, 11) is -1.66. The molecule has 122 valence electrons. The monoisotopic (exact) mass is 325 g/mol. The van der Waals surface area contributed by atoms with E-state index in [4.69, 9.17) is 0 Å². The average molecular weight is 325 g/mol. The minimum Gasteiger partial charge on any atom is -0.340 e. The molecule has 0 unspecified atom stereocenters. The smallest absolute Gasteiger partial charge is 0.243 e. The number of nitrogens with one attached hydrogen (secondary N) is 1. The Labute approximate surface area is 132 Å². The molecule has 1 N–H and O–H groups in total. The highest BCUT2D eigenvalue weighted by molar-refractivity contribution is 7.89. The molecule has 0 atom stereocenters. The Hall–Kier alpha value is -1.44. The Morgan fingerprint density at radius 1 is 1.14 bits per heavy atom. The second-order valence-corrected chi connectivity index (χ2v) is 7.39. The van der Waals surface area contributed by atoms with Crippen LogP contribution in [0.25, 0.3) is 0 Å². The van der Waals surface area contributed by atoms with Crippen LogP contribution in [0, 0.1) is 6.92 Å². The van der Waals surface area contributed by atoms with E-state index >= 15 is 0 Å². The molecule has 22 heavy (non-hydrogen) atoms. The molecule has 1 aromatic carbocycles. The second kappa shape index (κ2) is 7.21. The van der Waals surface area contributed by atoms with Crippen LogP contribution in [0.3, 0.4) is 0 Å². The third-order valence-corrected chi connectivity index (χ3v) is 5.75. The fourth-order valence-electron chi connectivity index (χ4n) is 2.43. The number of sulfonamides is 1. The summed E-state index contributed by atoms with van der Waals surface area (Å²) < 4.78 is 26.6. The lowest BCUT2D eigenvalue weighted by molar-refractivity contribution is -0.132. The number of amides is 1. The van der Waals surface area contributed by atoms with Crippen LogP contribution < -0.4 is 5.32 Å². The van der Waals surface area contributed by atoms with E-state index in [1.165, 1.54) is 4.31 Å². The van der Waals surface area contributed by atoms with Gasteiger partial charge in [0.1, 0.15) is 0 Å². The number of carbonyl (C=O) groups is 1. The predicted molar refractivity (Wildman–Crippen MR) is 85.1 cm³/mol. The van der Waals surface area contributed by atoms with Crippen LogP contribution in [0.5, 0.6) is 0 Å². The Morgan fingerprint density at radius 3 is 2.27 bits per heavy atom. The maximum absolute atomic E-state index is 12.6. The van der Waals surface area contributed by atoms with E-state index in [1.54, 1.807) is 36.2 Å². The molecule has 1 aliphatic heterocycles. The van der Waals surface area contributed by atoms with E-state index in [0.29, 0.717) is 44.0 Å². The van der Waals surface area contributed by atoms with Gasteiger partial charge in [-0.25, -0.2) is 8.42 Å². The summed E-state index contributed by atoms with van der Waals surface area (Å²) in [6.07, 6.45) is 0.446. The normalized spacial score (nSPS) is 16.7. The molecule has 1 amide bonds. The minimum absolute atomic E-state index is 0.0710. The number of rotatable bonds is 5. The van der Waals surface area contributed by atoms with Gasteiger partial charge in [0.2, 0.25) is 15.9 Å². The van der Waals surface area contributed by atoms with Crippen molar-refractivity contribution in [1.29, 1.82) is 0 Å². The second-order valence-electron chi connectivity index (χ2n) is 5.45. The van der Waals surface area contributed by atoms with Crippen LogP contribution in [-0.4, -0.2) is 63.3 Å². The summed E-state index contributed by atoms with van der Waals surface area (Å²) in [6.45, 7) is 4.16. The molecule has 0 radical (unpaired) electrons. The van der Waals surface area contributed by atoms with Crippen LogP contribution >= 0.6 is 0 Å². The van der Waals surface area contributed by atoms with Crippen LogP contribution in [0.15, 0.2) is 29.2 Å². The van der Waals surface area contributed by atoms with Crippen molar-refractivity contribution in [3.05, 3.63) is 29.8 Å². The van der Waals surface area contributed by atoms with E-state index < -0.39 is 10.0 Å². The molecule has 7 heteroatoms. The highest BCUT2D eigenvalue weighted by Gasteiger charge is 2.29. The maximum atomic E-state index is 12.6. The van der Waals surface area contributed by atoms with Crippen LogP contribution in [0.4, 0.5) is 0 Å². The topological polar surface area (TPSA) is 69.7 Å². The molecule has 1 aromatic rings. The summed E-state index contributed by atoms with van der Waals surface area (Å²) in [5.41, 5.74) is 1.03. The molecule has 0 aromatic heterocycles. The lowest BCUT2D eigenvalue weighted by Crippen LogP contribution is -2.50. The van der Waals surface area contributed by atoms with Crippen LogP contribution in [0.2, 0.25) is 0 Å². The maximum Gasteiger partial charge on any atom is 0.243 e. The molecule has 1 fully saturated rings. The lowest BCUT2D eigenvalue weighted by atomic mass is 10.2. The first kappa shape index (κ1) is 16.9. The first-order valence-electron chi connectivity index (χ1n) is 7.44. The fraction of sp³-hybridized carbons (Fsp3) is 0.533. The number of piperazine rings is 1. The van der Waals surface area contributed by atoms with E-state index in [-0.39, 0.29) is 5.91 Å². The molecule has 0 saturated carbocycles. The summed E-state index contributed by atoms with van der Waals surface area (Å²) >= 11 is 0. The molecule has 0 spiro atoms. The minimum atomic E-state index is -3.46. The van der Waals surface area contributed by atoms with Gasteiger partial charge < -0.3 is 10.2 Å². The van der Waals surface area contributed by atoms with Crippen LogP contribution in [-0.2, 0) is 14.8 Å². The van der Waals surface area contributed by atoms with Crippen molar-refractivity contribution >= 4 is 15.9 Å². The van der Waals surface area contributed by atoms with Crippen molar-refractivity contribution in [1.82, 2.24) is 14.5 Å². The highest BCUT2D eigenvalue weighted by Crippen LogP contribution is 2.18. The van der Waals surface area contributed by atoms with Crippen molar-refractivity contribution in [3.63, 3.8) is 0 Å². The molecular formula is C15H23N3O3S. The summed E-state index contributed by atoms with van der Waals surface area (Å²) in [5.74, 6) is 0.0710. The lowest BCUT2D eigenvalue weighted by Gasteiger charge is -2.34. The quantitative estimate of drug-likeness (QED) is 0.853. The first-order valence-corrected chi connectivity index (χ1v) is 8.88. The Kier molecular flexibility index (Phi) is 5.55. The Bertz CT molecular complexity index is 605.